The first-order valence-corrected chi connectivity index (χ1v) is 6.97. The molecule has 4 nitrogen and oxygen atoms in total. The van der Waals surface area contributed by atoms with E-state index < -0.39 is 0 Å². The quantitative estimate of drug-likeness (QED) is 0.626. The minimum atomic E-state index is -0.188. The van der Waals surface area contributed by atoms with Gasteiger partial charge in [-0.05, 0) is 41.9 Å². The minimum Gasteiger partial charge on any atom is -0.393 e. The van der Waals surface area contributed by atoms with Gasteiger partial charge in [-0.2, -0.15) is 0 Å². The molecule has 17 heavy (non-hydrogen) atoms. The third-order valence-electron chi connectivity index (χ3n) is 3.29. The van der Waals surface area contributed by atoms with E-state index in [4.69, 9.17) is 11.6 Å². The number of rotatable bonds is 1. The highest BCUT2D eigenvalue weighted by Crippen LogP contribution is 2.35. The molecule has 0 spiro atoms. The molecule has 0 aromatic carbocycles. The number of hydrogen-bond acceptors (Lipinski definition) is 3. The molecule has 1 aliphatic rings. The van der Waals surface area contributed by atoms with Crippen molar-refractivity contribution in [3.05, 3.63) is 21.2 Å². The maximum atomic E-state index is 9.62. The van der Waals surface area contributed by atoms with Crippen LogP contribution in [-0.4, -0.2) is 25.7 Å². The zero-order chi connectivity index (χ0) is 12.0. The van der Waals surface area contributed by atoms with Gasteiger partial charge in [0.1, 0.15) is 17.1 Å². The molecular formula is C11H11ClIN3O. The first-order chi connectivity index (χ1) is 8.16. The molecule has 0 saturated heterocycles. The topological polar surface area (TPSA) is 50.9 Å². The second-order valence-corrected chi connectivity index (χ2v) is 5.89. The number of fused-ring (bicyclic) bond motifs is 1. The van der Waals surface area contributed by atoms with E-state index in [0.717, 1.165) is 33.9 Å². The molecule has 2 aromatic rings. The molecule has 0 radical (unpaired) electrons. The molecule has 2 heterocycles. The molecule has 1 N–H and O–H groups in total. The van der Waals surface area contributed by atoms with E-state index in [0.29, 0.717) is 11.2 Å². The number of aromatic nitrogens is 3. The molecule has 3 rings (SSSR count). The Kier molecular flexibility index (Phi) is 3.00. The molecule has 1 saturated carbocycles. The Bertz CT molecular complexity index is 571. The van der Waals surface area contributed by atoms with E-state index in [-0.39, 0.29) is 6.10 Å². The fourth-order valence-electron chi connectivity index (χ4n) is 2.47. The summed E-state index contributed by atoms with van der Waals surface area (Å²) in [4.78, 5) is 8.32. The average Bonchev–Trinajstić information content (AvgIpc) is 2.84. The summed E-state index contributed by atoms with van der Waals surface area (Å²) in [7, 11) is 0. The Labute approximate surface area is 117 Å². The predicted octanol–water partition coefficient (Wildman–Crippen LogP) is 2.78. The maximum Gasteiger partial charge on any atom is 0.146 e. The van der Waals surface area contributed by atoms with Gasteiger partial charge in [0, 0.05) is 15.8 Å². The smallest absolute Gasteiger partial charge is 0.146 e. The van der Waals surface area contributed by atoms with Gasteiger partial charge in [-0.25, -0.2) is 9.97 Å². The van der Waals surface area contributed by atoms with Crippen molar-refractivity contribution >= 4 is 45.2 Å². The summed E-state index contributed by atoms with van der Waals surface area (Å²) in [6, 6.07) is 0.321. The van der Waals surface area contributed by atoms with Gasteiger partial charge in [0.15, 0.2) is 0 Å². The average molecular weight is 364 g/mol. The van der Waals surface area contributed by atoms with Crippen LogP contribution in [-0.2, 0) is 0 Å². The van der Waals surface area contributed by atoms with Crippen LogP contribution in [0.4, 0.5) is 0 Å². The van der Waals surface area contributed by atoms with Crippen LogP contribution in [0.15, 0.2) is 12.5 Å². The lowest BCUT2D eigenvalue weighted by atomic mass is 10.2. The van der Waals surface area contributed by atoms with Crippen molar-refractivity contribution in [1.82, 2.24) is 14.5 Å². The first-order valence-electron chi connectivity index (χ1n) is 5.51. The van der Waals surface area contributed by atoms with Crippen LogP contribution in [0.1, 0.15) is 25.3 Å². The fourth-order valence-corrected chi connectivity index (χ4v) is 3.66. The molecule has 0 bridgehead atoms. The van der Waals surface area contributed by atoms with Crippen LogP contribution < -0.4 is 0 Å². The Morgan fingerprint density at radius 2 is 2.24 bits per heavy atom. The van der Waals surface area contributed by atoms with E-state index in [1.54, 1.807) is 0 Å². The van der Waals surface area contributed by atoms with Crippen molar-refractivity contribution in [2.75, 3.05) is 0 Å². The Hall–Kier alpha value is -0.400. The zero-order valence-corrected chi connectivity index (χ0v) is 11.9. The predicted molar refractivity (Wildman–Crippen MR) is 74.1 cm³/mol. The van der Waals surface area contributed by atoms with Gasteiger partial charge in [-0.1, -0.05) is 11.6 Å². The lowest BCUT2D eigenvalue weighted by molar-refractivity contribution is 0.178. The number of aliphatic hydroxyl groups excluding tert-OH is 1. The molecule has 90 valence electrons. The van der Waals surface area contributed by atoms with Crippen molar-refractivity contribution in [2.45, 2.75) is 31.4 Å². The normalized spacial score (nSPS) is 24.6. The van der Waals surface area contributed by atoms with Gasteiger partial charge in [-0.3, -0.25) is 0 Å². The van der Waals surface area contributed by atoms with E-state index in [9.17, 15) is 5.11 Å². The third kappa shape index (κ3) is 1.94. The van der Waals surface area contributed by atoms with Gasteiger partial charge < -0.3 is 9.67 Å². The van der Waals surface area contributed by atoms with Crippen LogP contribution in [0.2, 0.25) is 5.15 Å². The summed E-state index contributed by atoms with van der Waals surface area (Å²) in [5, 5.41) is 11.0. The van der Waals surface area contributed by atoms with Gasteiger partial charge >= 0.3 is 0 Å². The highest BCUT2D eigenvalue weighted by molar-refractivity contribution is 14.1. The molecule has 1 aliphatic carbocycles. The Morgan fingerprint density at radius 3 is 2.94 bits per heavy atom. The second-order valence-electron chi connectivity index (χ2n) is 4.37. The van der Waals surface area contributed by atoms with Gasteiger partial charge in [-0.15, -0.1) is 0 Å². The zero-order valence-electron chi connectivity index (χ0n) is 8.98. The van der Waals surface area contributed by atoms with E-state index in [2.05, 4.69) is 43.3 Å². The monoisotopic (exact) mass is 363 g/mol. The number of hydrogen-bond donors (Lipinski definition) is 1. The van der Waals surface area contributed by atoms with Gasteiger partial charge in [0.2, 0.25) is 0 Å². The van der Waals surface area contributed by atoms with Crippen LogP contribution in [0.3, 0.4) is 0 Å². The highest BCUT2D eigenvalue weighted by atomic mass is 127. The summed E-state index contributed by atoms with van der Waals surface area (Å²) in [6.45, 7) is 0. The molecule has 2 aromatic heterocycles. The van der Waals surface area contributed by atoms with Crippen LogP contribution in [0, 0.1) is 3.57 Å². The van der Waals surface area contributed by atoms with E-state index >= 15 is 0 Å². The van der Waals surface area contributed by atoms with Crippen molar-refractivity contribution in [1.29, 1.82) is 0 Å². The van der Waals surface area contributed by atoms with Crippen molar-refractivity contribution in [2.24, 2.45) is 0 Å². The van der Waals surface area contributed by atoms with Crippen molar-refractivity contribution in [3.8, 4) is 0 Å². The maximum absolute atomic E-state index is 9.62. The summed E-state index contributed by atoms with van der Waals surface area (Å²) in [5.74, 6) is 0. The van der Waals surface area contributed by atoms with Gasteiger partial charge in [0.05, 0.1) is 11.5 Å². The van der Waals surface area contributed by atoms with Crippen LogP contribution in [0.5, 0.6) is 0 Å². The summed E-state index contributed by atoms with van der Waals surface area (Å²) >= 11 is 8.34. The number of nitrogens with zero attached hydrogens (tertiary/aromatic N) is 3. The summed E-state index contributed by atoms with van der Waals surface area (Å²) < 4.78 is 3.19. The number of aliphatic hydroxyl groups is 1. The highest BCUT2D eigenvalue weighted by Gasteiger charge is 2.26. The lowest BCUT2D eigenvalue weighted by Crippen LogP contribution is -2.06. The molecule has 2 unspecified atom stereocenters. The molecule has 0 amide bonds. The SMILES string of the molecule is OC1CCC(n2cc(I)c3c(Cl)ncnc32)C1. The Balaban J connectivity index is 2.14. The second kappa shape index (κ2) is 4.37. The lowest BCUT2D eigenvalue weighted by Gasteiger charge is -2.12. The van der Waals surface area contributed by atoms with Crippen molar-refractivity contribution < 1.29 is 5.11 Å². The molecule has 2 atom stereocenters. The van der Waals surface area contributed by atoms with Gasteiger partial charge in [0.25, 0.3) is 0 Å². The fraction of sp³-hybridized carbons (Fsp3) is 0.455. The molecule has 0 aliphatic heterocycles. The third-order valence-corrected chi connectivity index (χ3v) is 4.39. The summed E-state index contributed by atoms with van der Waals surface area (Å²) in [5.41, 5.74) is 0.869. The van der Waals surface area contributed by atoms with Crippen LogP contribution >= 0.6 is 34.2 Å². The molecule has 6 heteroatoms. The van der Waals surface area contributed by atoms with E-state index in [1.165, 1.54) is 6.33 Å². The standard InChI is InChI=1S/C11H11ClIN3O/c12-10-9-8(13)4-16(11(9)15-5-14-10)6-1-2-7(17)3-6/h4-7,17H,1-3H2. The Morgan fingerprint density at radius 1 is 1.41 bits per heavy atom. The minimum absolute atomic E-state index is 0.188. The van der Waals surface area contributed by atoms with Crippen molar-refractivity contribution in [3.63, 3.8) is 0 Å². The molecular weight excluding hydrogens is 352 g/mol. The van der Waals surface area contributed by atoms with E-state index in [1.807, 2.05) is 0 Å². The molecule has 1 fully saturated rings. The number of halogens is 2. The van der Waals surface area contributed by atoms with Crippen LogP contribution in [0.25, 0.3) is 11.0 Å². The first kappa shape index (κ1) is 11.7. The summed E-state index contributed by atoms with van der Waals surface area (Å²) in [6.07, 6.45) is 5.99. The largest absolute Gasteiger partial charge is 0.393 e.